The van der Waals surface area contributed by atoms with E-state index < -0.39 is 12.7 Å². The molecule has 1 aromatic carbocycles. The van der Waals surface area contributed by atoms with Gasteiger partial charge in [0, 0.05) is 37.8 Å². The number of hydrogen-bond donors (Lipinski definition) is 3. The molecule has 1 atom stereocenters. The Balaban J connectivity index is 0.00000450. The molecule has 1 aliphatic rings. The molecule has 6 nitrogen and oxygen atoms in total. The van der Waals surface area contributed by atoms with E-state index in [9.17, 15) is 18.0 Å². The monoisotopic (exact) mass is 541 g/mol. The summed E-state index contributed by atoms with van der Waals surface area (Å²) in [6, 6.07) is 7.41. The molecule has 2 rings (SSSR count). The average molecular weight is 541 g/mol. The zero-order chi connectivity index (χ0) is 21.3. The number of halogens is 4. The molecular weight excluding hydrogens is 510 g/mol. The van der Waals surface area contributed by atoms with E-state index in [1.165, 1.54) is 4.90 Å². The summed E-state index contributed by atoms with van der Waals surface area (Å²) >= 11 is 0. The molecule has 3 N–H and O–H groups in total. The Kier molecular flexibility index (Phi) is 11.5. The van der Waals surface area contributed by atoms with Gasteiger partial charge in [-0.1, -0.05) is 19.1 Å². The lowest BCUT2D eigenvalue weighted by atomic mass is 10.2. The number of anilines is 1. The molecule has 0 radical (unpaired) electrons. The van der Waals surface area contributed by atoms with E-state index in [-0.39, 0.29) is 35.9 Å². The number of carbonyl (C=O) groups is 1. The number of guanidine groups is 1. The summed E-state index contributed by atoms with van der Waals surface area (Å²) in [5.74, 6) is 0.555. The second-order valence-electron chi connectivity index (χ2n) is 7.17. The molecule has 0 saturated carbocycles. The van der Waals surface area contributed by atoms with Crippen molar-refractivity contribution in [2.45, 2.75) is 51.9 Å². The van der Waals surface area contributed by atoms with Crippen LogP contribution in [0.3, 0.4) is 0 Å². The van der Waals surface area contributed by atoms with E-state index in [1.807, 2.05) is 38.1 Å². The normalized spacial score (nSPS) is 17.4. The van der Waals surface area contributed by atoms with Crippen LogP contribution in [0.4, 0.5) is 18.9 Å². The van der Waals surface area contributed by atoms with Crippen LogP contribution in [-0.4, -0.2) is 55.2 Å². The van der Waals surface area contributed by atoms with Gasteiger partial charge in [-0.3, -0.25) is 9.69 Å². The van der Waals surface area contributed by atoms with Crippen LogP contribution in [0.25, 0.3) is 0 Å². The predicted molar refractivity (Wildman–Crippen MR) is 124 cm³/mol. The maximum absolute atomic E-state index is 12.6. The molecule has 1 unspecified atom stereocenters. The smallest absolute Gasteiger partial charge is 0.357 e. The first kappa shape index (κ1) is 26.5. The summed E-state index contributed by atoms with van der Waals surface area (Å²) < 4.78 is 37.7. The first-order valence-electron chi connectivity index (χ1n) is 10.0. The van der Waals surface area contributed by atoms with Gasteiger partial charge in [0.25, 0.3) is 0 Å². The van der Waals surface area contributed by atoms with Crippen LogP contribution in [0.15, 0.2) is 29.3 Å². The third-order valence-corrected chi connectivity index (χ3v) is 4.47. The predicted octanol–water partition coefficient (Wildman–Crippen LogP) is 3.73. The molecule has 30 heavy (non-hydrogen) atoms. The minimum Gasteiger partial charge on any atom is -0.357 e. The van der Waals surface area contributed by atoms with E-state index in [4.69, 9.17) is 0 Å². The molecule has 1 fully saturated rings. The number of benzene rings is 1. The molecule has 0 aliphatic carbocycles. The van der Waals surface area contributed by atoms with E-state index in [1.54, 1.807) is 0 Å². The van der Waals surface area contributed by atoms with Crippen molar-refractivity contribution in [2.75, 3.05) is 31.5 Å². The molecule has 1 amide bonds. The number of alkyl halides is 3. The van der Waals surface area contributed by atoms with E-state index in [0.717, 1.165) is 17.7 Å². The average Bonchev–Trinajstić information content (AvgIpc) is 3.05. The van der Waals surface area contributed by atoms with Crippen LogP contribution < -0.4 is 16.0 Å². The quantitative estimate of drug-likeness (QED) is 0.267. The fraction of sp³-hybridized carbons (Fsp3) is 0.600. The highest BCUT2D eigenvalue weighted by Gasteiger charge is 2.34. The van der Waals surface area contributed by atoms with Crippen molar-refractivity contribution in [2.24, 2.45) is 4.99 Å². The molecule has 10 heteroatoms. The first-order valence-corrected chi connectivity index (χ1v) is 10.0. The largest absolute Gasteiger partial charge is 0.401 e. The third kappa shape index (κ3) is 9.96. The second-order valence-corrected chi connectivity index (χ2v) is 7.17. The summed E-state index contributed by atoms with van der Waals surface area (Å²) in [4.78, 5) is 17.7. The van der Waals surface area contributed by atoms with Gasteiger partial charge in [-0.05, 0) is 37.5 Å². The lowest BCUT2D eigenvalue weighted by Gasteiger charge is -2.19. The van der Waals surface area contributed by atoms with E-state index in [2.05, 4.69) is 20.9 Å². The Labute approximate surface area is 193 Å². The van der Waals surface area contributed by atoms with Crippen molar-refractivity contribution >= 4 is 41.5 Å². The summed E-state index contributed by atoms with van der Waals surface area (Å²) in [6.07, 6.45) is -2.27. The molecule has 1 saturated heterocycles. The number of nitrogens with one attached hydrogen (secondary N) is 3. The van der Waals surface area contributed by atoms with Gasteiger partial charge in [0.15, 0.2) is 5.96 Å². The number of aliphatic imine (C=N–C) groups is 1. The topological polar surface area (TPSA) is 68.8 Å². The first-order chi connectivity index (χ1) is 13.8. The fourth-order valence-electron chi connectivity index (χ4n) is 3.23. The van der Waals surface area contributed by atoms with Crippen LogP contribution in [0.1, 0.15) is 38.7 Å². The zero-order valence-corrected chi connectivity index (χ0v) is 19.7. The fourth-order valence-corrected chi connectivity index (χ4v) is 3.23. The molecule has 1 aliphatic heterocycles. The highest BCUT2D eigenvalue weighted by molar-refractivity contribution is 14.0. The number of hydrogen-bond acceptors (Lipinski definition) is 3. The maximum Gasteiger partial charge on any atom is 0.401 e. The Morgan fingerprint density at radius 2 is 2.07 bits per heavy atom. The van der Waals surface area contributed by atoms with E-state index in [0.29, 0.717) is 45.0 Å². The van der Waals surface area contributed by atoms with Crippen molar-refractivity contribution in [3.05, 3.63) is 29.8 Å². The molecular formula is C20H31F3IN5O. The van der Waals surface area contributed by atoms with Crippen molar-refractivity contribution in [3.8, 4) is 0 Å². The Morgan fingerprint density at radius 3 is 2.73 bits per heavy atom. The maximum atomic E-state index is 12.6. The van der Waals surface area contributed by atoms with Gasteiger partial charge in [0.05, 0.1) is 13.1 Å². The lowest BCUT2D eigenvalue weighted by molar-refractivity contribution is -0.143. The molecule has 0 bridgehead atoms. The summed E-state index contributed by atoms with van der Waals surface area (Å²) in [6.45, 7) is 4.80. The van der Waals surface area contributed by atoms with Crippen LogP contribution >= 0.6 is 24.0 Å². The second kappa shape index (κ2) is 13.0. The highest BCUT2D eigenvalue weighted by Crippen LogP contribution is 2.20. The molecule has 1 aromatic rings. The summed E-state index contributed by atoms with van der Waals surface area (Å²) in [5.41, 5.74) is 1.66. The third-order valence-electron chi connectivity index (χ3n) is 4.47. The Bertz CT molecular complexity index is 699. The molecule has 170 valence electrons. The van der Waals surface area contributed by atoms with Crippen molar-refractivity contribution in [1.29, 1.82) is 0 Å². The molecule has 0 spiro atoms. The van der Waals surface area contributed by atoms with Gasteiger partial charge >= 0.3 is 6.18 Å². The number of likely N-dealkylation sites (tertiary alicyclic amines) is 1. The number of nitrogens with zero attached hydrogens (tertiary/aromatic N) is 2. The number of carbonyl (C=O) groups excluding carboxylic acids is 1. The van der Waals surface area contributed by atoms with Gasteiger partial charge in [-0.15, -0.1) is 24.0 Å². The number of rotatable bonds is 8. The standard InChI is InChI=1S/C20H30F3N5O.HI/c1-3-6-18(29)26-16-8-5-7-15(11-16)12-25-19(24-4-2)27-17-9-10-28(13-17)14-20(21,22)23;/h5,7-8,11,17H,3-4,6,9-10,12-14H2,1-2H3,(H,26,29)(H2,24,25,27);1H. The summed E-state index contributed by atoms with van der Waals surface area (Å²) in [5, 5.41) is 9.22. The van der Waals surface area contributed by atoms with Gasteiger partial charge in [0.2, 0.25) is 5.91 Å². The summed E-state index contributed by atoms with van der Waals surface area (Å²) in [7, 11) is 0. The number of amides is 1. The van der Waals surface area contributed by atoms with Gasteiger partial charge in [0.1, 0.15) is 0 Å². The SMILES string of the molecule is CCCC(=O)Nc1cccc(CN=C(NCC)NC2CCN(CC(F)(F)F)C2)c1.I. The minimum absolute atomic E-state index is 0. The Hall–Kier alpha value is -1.56. The van der Waals surface area contributed by atoms with Crippen molar-refractivity contribution in [1.82, 2.24) is 15.5 Å². The zero-order valence-electron chi connectivity index (χ0n) is 17.4. The van der Waals surface area contributed by atoms with Crippen LogP contribution in [-0.2, 0) is 11.3 Å². The van der Waals surface area contributed by atoms with Crippen LogP contribution in [0.5, 0.6) is 0 Å². The van der Waals surface area contributed by atoms with Crippen LogP contribution in [0.2, 0.25) is 0 Å². The Morgan fingerprint density at radius 1 is 1.30 bits per heavy atom. The van der Waals surface area contributed by atoms with E-state index >= 15 is 0 Å². The van der Waals surface area contributed by atoms with Crippen molar-refractivity contribution < 1.29 is 18.0 Å². The van der Waals surface area contributed by atoms with Gasteiger partial charge < -0.3 is 16.0 Å². The lowest BCUT2D eigenvalue weighted by Crippen LogP contribution is -2.45. The van der Waals surface area contributed by atoms with Gasteiger partial charge in [-0.2, -0.15) is 13.2 Å². The highest BCUT2D eigenvalue weighted by atomic mass is 127. The van der Waals surface area contributed by atoms with Crippen molar-refractivity contribution in [3.63, 3.8) is 0 Å². The molecule has 0 aromatic heterocycles. The minimum atomic E-state index is -4.18. The van der Waals surface area contributed by atoms with Crippen LogP contribution in [0, 0.1) is 0 Å². The van der Waals surface area contributed by atoms with Gasteiger partial charge in [-0.25, -0.2) is 4.99 Å². The molecule has 1 heterocycles.